The maximum atomic E-state index is 13.9. The quantitative estimate of drug-likeness (QED) is 0.406. The van der Waals surface area contributed by atoms with E-state index in [1.807, 2.05) is 60.7 Å². The van der Waals surface area contributed by atoms with Gasteiger partial charge < -0.3 is 5.32 Å². The molecule has 2 atom stereocenters. The summed E-state index contributed by atoms with van der Waals surface area (Å²) in [5, 5.41) is 13.6. The number of carbonyl (C=O) groups excluding carboxylic acids is 1. The fraction of sp³-hybridized carbons (Fsp3) is 0.333. The largest absolute Gasteiger partial charge is 0.352 e. The Morgan fingerprint density at radius 2 is 1.71 bits per heavy atom. The normalized spacial score (nSPS) is 16.7. The molecule has 0 heterocycles. The maximum Gasteiger partial charge on any atom is 0.230 e. The van der Waals surface area contributed by atoms with Crippen LogP contribution in [-0.4, -0.2) is 11.9 Å². The molecular formula is C30H31ClN2O. The molecule has 0 saturated heterocycles. The summed E-state index contributed by atoms with van der Waals surface area (Å²) >= 11 is 6.10. The highest BCUT2D eigenvalue weighted by Crippen LogP contribution is 2.40. The molecule has 1 saturated carbocycles. The van der Waals surface area contributed by atoms with Gasteiger partial charge in [0.1, 0.15) is 0 Å². The molecule has 0 bridgehead atoms. The molecule has 2 unspecified atom stereocenters. The van der Waals surface area contributed by atoms with Crippen LogP contribution in [0.25, 0.3) is 0 Å². The predicted octanol–water partition coefficient (Wildman–Crippen LogP) is 6.94. The third-order valence-corrected chi connectivity index (χ3v) is 7.50. The fourth-order valence-corrected chi connectivity index (χ4v) is 5.43. The van der Waals surface area contributed by atoms with E-state index in [-0.39, 0.29) is 17.9 Å². The second-order valence-corrected chi connectivity index (χ2v) is 9.88. The number of carbonyl (C=O) groups is 1. The second kappa shape index (κ2) is 10.9. The Hall–Kier alpha value is -3.09. The lowest BCUT2D eigenvalue weighted by molar-refractivity contribution is -0.128. The fourth-order valence-electron chi connectivity index (χ4n) is 5.30. The first kappa shape index (κ1) is 24.0. The standard InChI is InChI=1S/C30H31ClN2O/c1-22(33-29(34)30(17-6-3-7-18-30)26-11-4-2-5-12-26)28(20-23-13-15-27(31)16-14-23)25-10-8-9-24(19-25)21-32/h2,4-5,8-16,19,22,28H,3,6-7,17-18,20H2,1H3,(H,33,34). The highest BCUT2D eigenvalue weighted by Gasteiger charge is 2.42. The van der Waals surface area contributed by atoms with Crippen LogP contribution in [0.15, 0.2) is 78.9 Å². The summed E-state index contributed by atoms with van der Waals surface area (Å²) in [7, 11) is 0. The molecule has 3 aromatic rings. The van der Waals surface area contributed by atoms with Gasteiger partial charge in [-0.05, 0) is 67.1 Å². The van der Waals surface area contributed by atoms with Crippen molar-refractivity contribution < 1.29 is 4.79 Å². The molecule has 4 rings (SSSR count). The van der Waals surface area contributed by atoms with Gasteiger partial charge in [-0.25, -0.2) is 0 Å². The number of hydrogen-bond acceptors (Lipinski definition) is 2. The SMILES string of the molecule is CC(NC(=O)C1(c2ccccc2)CCCCC1)C(Cc1ccc(Cl)cc1)c1cccc(C#N)c1. The first-order valence-electron chi connectivity index (χ1n) is 12.1. The average molecular weight is 471 g/mol. The van der Waals surface area contributed by atoms with Crippen molar-refractivity contribution in [2.45, 2.75) is 62.8 Å². The van der Waals surface area contributed by atoms with Gasteiger partial charge in [0.15, 0.2) is 0 Å². The summed E-state index contributed by atoms with van der Waals surface area (Å²) in [6, 6.07) is 28.0. The van der Waals surface area contributed by atoms with Crippen LogP contribution < -0.4 is 5.32 Å². The zero-order valence-corrected chi connectivity index (χ0v) is 20.4. The Morgan fingerprint density at radius 1 is 1.00 bits per heavy atom. The molecular weight excluding hydrogens is 440 g/mol. The van der Waals surface area contributed by atoms with Gasteiger partial charge in [0, 0.05) is 17.0 Å². The van der Waals surface area contributed by atoms with E-state index in [9.17, 15) is 10.1 Å². The Labute approximate surface area is 207 Å². The van der Waals surface area contributed by atoms with E-state index < -0.39 is 5.41 Å². The number of nitrogens with one attached hydrogen (secondary N) is 1. The Balaban J connectivity index is 1.63. The van der Waals surface area contributed by atoms with Crippen LogP contribution in [0.1, 0.15) is 67.2 Å². The average Bonchev–Trinajstić information content (AvgIpc) is 2.89. The van der Waals surface area contributed by atoms with Gasteiger partial charge in [-0.2, -0.15) is 5.26 Å². The van der Waals surface area contributed by atoms with Crippen LogP contribution in [-0.2, 0) is 16.6 Å². The maximum absolute atomic E-state index is 13.9. The van der Waals surface area contributed by atoms with E-state index in [4.69, 9.17) is 11.6 Å². The van der Waals surface area contributed by atoms with Gasteiger partial charge in [-0.1, -0.05) is 85.5 Å². The third-order valence-electron chi connectivity index (χ3n) is 7.24. The van der Waals surface area contributed by atoms with Gasteiger partial charge in [0.2, 0.25) is 5.91 Å². The van der Waals surface area contributed by atoms with E-state index in [0.717, 1.165) is 48.8 Å². The van der Waals surface area contributed by atoms with Crippen LogP contribution in [0.5, 0.6) is 0 Å². The first-order valence-corrected chi connectivity index (χ1v) is 12.5. The first-order chi connectivity index (χ1) is 16.5. The van der Waals surface area contributed by atoms with Crippen molar-refractivity contribution in [3.05, 3.63) is 106 Å². The van der Waals surface area contributed by atoms with Gasteiger partial charge >= 0.3 is 0 Å². The minimum absolute atomic E-state index is 0.0230. The molecule has 1 fully saturated rings. The topological polar surface area (TPSA) is 52.9 Å². The Kier molecular flexibility index (Phi) is 7.70. The predicted molar refractivity (Wildman–Crippen MR) is 138 cm³/mol. The van der Waals surface area contributed by atoms with Crippen LogP contribution in [0.4, 0.5) is 0 Å². The summed E-state index contributed by atoms with van der Waals surface area (Å²) in [6.45, 7) is 2.08. The molecule has 34 heavy (non-hydrogen) atoms. The van der Waals surface area contributed by atoms with Crippen LogP contribution in [0.2, 0.25) is 5.02 Å². The number of halogens is 1. The van der Waals surface area contributed by atoms with E-state index in [1.54, 1.807) is 0 Å². The second-order valence-electron chi connectivity index (χ2n) is 9.45. The van der Waals surface area contributed by atoms with E-state index >= 15 is 0 Å². The van der Waals surface area contributed by atoms with Gasteiger partial charge in [0.25, 0.3) is 0 Å². The van der Waals surface area contributed by atoms with Gasteiger partial charge in [0.05, 0.1) is 17.0 Å². The van der Waals surface area contributed by atoms with Crippen molar-refractivity contribution in [1.29, 1.82) is 5.26 Å². The van der Waals surface area contributed by atoms with E-state index in [2.05, 4.69) is 36.5 Å². The Morgan fingerprint density at radius 3 is 2.38 bits per heavy atom. The monoisotopic (exact) mass is 470 g/mol. The smallest absolute Gasteiger partial charge is 0.230 e. The molecule has 3 aromatic carbocycles. The molecule has 0 aromatic heterocycles. The third kappa shape index (κ3) is 5.34. The number of nitriles is 1. The summed E-state index contributed by atoms with van der Waals surface area (Å²) < 4.78 is 0. The number of hydrogen-bond donors (Lipinski definition) is 1. The van der Waals surface area contributed by atoms with E-state index in [0.29, 0.717) is 10.6 Å². The minimum Gasteiger partial charge on any atom is -0.352 e. The van der Waals surface area contributed by atoms with Gasteiger partial charge in [-0.15, -0.1) is 0 Å². The van der Waals surface area contributed by atoms with E-state index in [1.165, 1.54) is 6.42 Å². The lowest BCUT2D eigenvalue weighted by atomic mass is 9.68. The zero-order valence-electron chi connectivity index (χ0n) is 19.6. The Bertz CT molecular complexity index is 1140. The van der Waals surface area contributed by atoms with Crippen molar-refractivity contribution in [2.24, 2.45) is 0 Å². The van der Waals surface area contributed by atoms with Gasteiger partial charge in [-0.3, -0.25) is 4.79 Å². The van der Waals surface area contributed by atoms with Crippen molar-refractivity contribution in [3.8, 4) is 6.07 Å². The molecule has 1 amide bonds. The number of benzene rings is 3. The number of amides is 1. The number of rotatable bonds is 7. The number of nitrogens with zero attached hydrogens (tertiary/aromatic N) is 1. The summed E-state index contributed by atoms with van der Waals surface area (Å²) in [6.07, 6.45) is 5.80. The summed E-state index contributed by atoms with van der Waals surface area (Å²) in [5.41, 5.74) is 3.46. The molecule has 1 aliphatic carbocycles. The van der Waals surface area contributed by atoms with Crippen molar-refractivity contribution >= 4 is 17.5 Å². The molecule has 4 heteroatoms. The summed E-state index contributed by atoms with van der Waals surface area (Å²) in [5.74, 6) is 0.137. The highest BCUT2D eigenvalue weighted by molar-refractivity contribution is 6.30. The molecule has 1 N–H and O–H groups in total. The zero-order chi connectivity index (χ0) is 24.0. The molecule has 0 radical (unpaired) electrons. The minimum atomic E-state index is -0.479. The highest BCUT2D eigenvalue weighted by atomic mass is 35.5. The molecule has 174 valence electrons. The van der Waals surface area contributed by atoms with Crippen molar-refractivity contribution in [3.63, 3.8) is 0 Å². The van der Waals surface area contributed by atoms with Crippen molar-refractivity contribution in [1.82, 2.24) is 5.32 Å². The lowest BCUT2D eigenvalue weighted by Gasteiger charge is -2.38. The summed E-state index contributed by atoms with van der Waals surface area (Å²) in [4.78, 5) is 13.9. The lowest BCUT2D eigenvalue weighted by Crippen LogP contribution is -2.50. The van der Waals surface area contributed by atoms with Crippen molar-refractivity contribution in [2.75, 3.05) is 0 Å². The van der Waals surface area contributed by atoms with Crippen LogP contribution in [0, 0.1) is 11.3 Å². The molecule has 0 spiro atoms. The van der Waals surface area contributed by atoms with Crippen LogP contribution >= 0.6 is 11.6 Å². The molecule has 1 aliphatic rings. The van der Waals surface area contributed by atoms with Crippen LogP contribution in [0.3, 0.4) is 0 Å². The molecule has 3 nitrogen and oxygen atoms in total. The molecule has 0 aliphatic heterocycles.